The maximum atomic E-state index is 12.0. The third-order valence-electron chi connectivity index (χ3n) is 1.25. The van der Waals surface area contributed by atoms with Crippen LogP contribution in [0.3, 0.4) is 0 Å². The Kier molecular flexibility index (Phi) is 2.17. The lowest BCUT2D eigenvalue weighted by molar-refractivity contribution is -0.137. The van der Waals surface area contributed by atoms with E-state index in [1.54, 1.807) is 0 Å². The van der Waals surface area contributed by atoms with E-state index in [4.69, 9.17) is 0 Å². The molecule has 0 unspecified atom stereocenters. The van der Waals surface area contributed by atoms with E-state index < -0.39 is 11.7 Å². The Balaban J connectivity index is 3.10. The fourth-order valence-electron chi connectivity index (χ4n) is 0.721. The summed E-state index contributed by atoms with van der Waals surface area (Å²) in [6.45, 7) is 0. The molecule has 1 radical (unpaired) electrons. The molecule has 0 spiro atoms. The van der Waals surface area contributed by atoms with Gasteiger partial charge in [-0.05, 0) is 6.07 Å². The van der Waals surface area contributed by atoms with Crippen molar-refractivity contribution in [2.75, 3.05) is 0 Å². The van der Waals surface area contributed by atoms with Crippen LogP contribution in [-0.2, 0) is 6.18 Å². The first-order valence-corrected chi connectivity index (χ1v) is 3.09. The Hall–Kier alpha value is -1.32. The summed E-state index contributed by atoms with van der Waals surface area (Å²) in [5.74, 6) is 0. The third-order valence-corrected chi connectivity index (χ3v) is 1.25. The van der Waals surface area contributed by atoms with Crippen molar-refractivity contribution in [3.05, 3.63) is 35.4 Å². The number of hydrogen-bond acceptors (Lipinski definition) is 1. The van der Waals surface area contributed by atoms with Crippen LogP contribution in [0.15, 0.2) is 18.2 Å². The summed E-state index contributed by atoms with van der Waals surface area (Å²) in [6.07, 6.45) is -4.10. The lowest BCUT2D eigenvalue weighted by Gasteiger charge is -2.04. The van der Waals surface area contributed by atoms with Crippen LogP contribution in [0, 0.1) is 6.07 Å². The molecule has 63 valence electrons. The Bertz CT molecular complexity index is 291. The van der Waals surface area contributed by atoms with Crippen LogP contribution in [0.25, 0.3) is 0 Å². The minimum absolute atomic E-state index is 0.0928. The molecule has 0 N–H and O–H groups in total. The van der Waals surface area contributed by atoms with E-state index in [9.17, 15) is 18.0 Å². The normalized spacial score (nSPS) is 11.2. The molecule has 0 saturated carbocycles. The molecule has 1 aromatic rings. The minimum Gasteiger partial charge on any atom is -0.298 e. The van der Waals surface area contributed by atoms with Gasteiger partial charge < -0.3 is 0 Å². The van der Waals surface area contributed by atoms with Gasteiger partial charge in [0.2, 0.25) is 0 Å². The van der Waals surface area contributed by atoms with Gasteiger partial charge >= 0.3 is 6.18 Å². The van der Waals surface area contributed by atoms with Crippen molar-refractivity contribution in [1.29, 1.82) is 0 Å². The molecule has 0 aliphatic heterocycles. The lowest BCUT2D eigenvalue weighted by atomic mass is 10.1. The smallest absolute Gasteiger partial charge is 0.298 e. The average Bonchev–Trinajstić information content (AvgIpc) is 2.03. The Morgan fingerprint density at radius 2 is 2.00 bits per heavy atom. The summed E-state index contributed by atoms with van der Waals surface area (Å²) < 4.78 is 35.9. The predicted octanol–water partition coefficient (Wildman–Crippen LogP) is 2.32. The molecule has 0 fully saturated rings. The standard InChI is InChI=1S/C8H4F3O/c9-8(10,11)7-3-1-2-6(4-7)5-12/h1-3,5H. The molecule has 12 heavy (non-hydrogen) atoms. The highest BCUT2D eigenvalue weighted by Crippen LogP contribution is 2.28. The first kappa shape index (κ1) is 8.77. The van der Waals surface area contributed by atoms with Crippen molar-refractivity contribution in [1.82, 2.24) is 0 Å². The first-order valence-electron chi connectivity index (χ1n) is 3.09. The second-order valence-electron chi connectivity index (χ2n) is 2.14. The van der Waals surface area contributed by atoms with Crippen molar-refractivity contribution in [3.63, 3.8) is 0 Å². The molecule has 0 aliphatic carbocycles. The SMILES string of the molecule is O=Cc1[c]c(C(F)(F)F)ccc1. The molecular weight excluding hydrogens is 169 g/mol. The van der Waals surface area contributed by atoms with E-state index in [0.717, 1.165) is 6.07 Å². The van der Waals surface area contributed by atoms with E-state index in [1.165, 1.54) is 12.1 Å². The van der Waals surface area contributed by atoms with Gasteiger partial charge in [0.15, 0.2) is 6.29 Å². The molecule has 1 nitrogen and oxygen atoms in total. The largest absolute Gasteiger partial charge is 0.417 e. The molecule has 0 bridgehead atoms. The summed E-state index contributed by atoms with van der Waals surface area (Å²) in [6, 6.07) is 5.24. The highest BCUT2D eigenvalue weighted by atomic mass is 19.4. The van der Waals surface area contributed by atoms with Crippen molar-refractivity contribution in [2.24, 2.45) is 0 Å². The first-order chi connectivity index (χ1) is 5.54. The monoisotopic (exact) mass is 173 g/mol. The van der Waals surface area contributed by atoms with Crippen LogP contribution in [0.1, 0.15) is 15.9 Å². The maximum absolute atomic E-state index is 12.0. The van der Waals surface area contributed by atoms with E-state index in [-0.39, 0.29) is 5.56 Å². The molecule has 0 saturated heterocycles. The Labute approximate surface area is 66.8 Å². The summed E-state index contributed by atoms with van der Waals surface area (Å²) in [5.41, 5.74) is -1.02. The summed E-state index contributed by atoms with van der Waals surface area (Å²) in [7, 11) is 0. The summed E-state index contributed by atoms with van der Waals surface area (Å²) >= 11 is 0. The van der Waals surface area contributed by atoms with Gasteiger partial charge in [-0.3, -0.25) is 4.79 Å². The van der Waals surface area contributed by atoms with Gasteiger partial charge in [-0.1, -0.05) is 12.1 Å². The number of carbonyl (C=O) groups excluding carboxylic acids is 1. The quantitative estimate of drug-likeness (QED) is 0.595. The molecule has 0 aromatic heterocycles. The van der Waals surface area contributed by atoms with Gasteiger partial charge in [0.1, 0.15) is 0 Å². The molecular formula is C8H4F3O. The average molecular weight is 173 g/mol. The molecule has 0 aliphatic rings. The number of halogens is 3. The third kappa shape index (κ3) is 1.84. The van der Waals surface area contributed by atoms with Gasteiger partial charge in [0.25, 0.3) is 0 Å². The number of aldehydes is 1. The van der Waals surface area contributed by atoms with Crippen molar-refractivity contribution >= 4 is 6.29 Å². The lowest BCUT2D eigenvalue weighted by Crippen LogP contribution is -2.05. The molecule has 0 amide bonds. The summed E-state index contributed by atoms with van der Waals surface area (Å²) in [5, 5.41) is 0. The van der Waals surface area contributed by atoms with Crippen LogP contribution in [0.2, 0.25) is 0 Å². The van der Waals surface area contributed by atoms with Crippen LogP contribution in [0.4, 0.5) is 13.2 Å². The van der Waals surface area contributed by atoms with Gasteiger partial charge in [-0.2, -0.15) is 13.2 Å². The second kappa shape index (κ2) is 2.97. The number of alkyl halides is 3. The number of benzene rings is 1. The van der Waals surface area contributed by atoms with Crippen LogP contribution < -0.4 is 0 Å². The van der Waals surface area contributed by atoms with Crippen molar-refractivity contribution in [3.8, 4) is 0 Å². The number of carbonyl (C=O) groups is 1. The molecule has 4 heteroatoms. The van der Waals surface area contributed by atoms with Crippen LogP contribution in [-0.4, -0.2) is 6.29 Å². The van der Waals surface area contributed by atoms with E-state index in [2.05, 4.69) is 0 Å². The molecule has 0 atom stereocenters. The number of rotatable bonds is 1. The minimum atomic E-state index is -4.43. The zero-order chi connectivity index (χ0) is 9.19. The van der Waals surface area contributed by atoms with Gasteiger partial charge in [0.05, 0.1) is 5.56 Å². The molecule has 1 rings (SSSR count). The van der Waals surface area contributed by atoms with E-state index in [0.29, 0.717) is 6.29 Å². The summed E-state index contributed by atoms with van der Waals surface area (Å²) in [4.78, 5) is 10.1. The van der Waals surface area contributed by atoms with Crippen molar-refractivity contribution in [2.45, 2.75) is 6.18 Å². The fourth-order valence-corrected chi connectivity index (χ4v) is 0.721. The van der Waals surface area contributed by atoms with Crippen LogP contribution in [0.5, 0.6) is 0 Å². The fraction of sp³-hybridized carbons (Fsp3) is 0.125. The molecule has 1 aromatic carbocycles. The predicted molar refractivity (Wildman–Crippen MR) is 35.7 cm³/mol. The second-order valence-corrected chi connectivity index (χ2v) is 2.14. The maximum Gasteiger partial charge on any atom is 0.417 e. The highest BCUT2D eigenvalue weighted by molar-refractivity contribution is 5.74. The topological polar surface area (TPSA) is 17.1 Å². The van der Waals surface area contributed by atoms with Gasteiger partial charge in [0, 0.05) is 11.6 Å². The van der Waals surface area contributed by atoms with Gasteiger partial charge in [-0.15, -0.1) is 0 Å². The van der Waals surface area contributed by atoms with E-state index >= 15 is 0 Å². The zero-order valence-electron chi connectivity index (χ0n) is 5.85. The Morgan fingerprint density at radius 1 is 1.33 bits per heavy atom. The molecule has 0 heterocycles. The Morgan fingerprint density at radius 3 is 2.50 bits per heavy atom. The van der Waals surface area contributed by atoms with E-state index in [1.807, 2.05) is 6.07 Å². The van der Waals surface area contributed by atoms with Gasteiger partial charge in [-0.25, -0.2) is 0 Å². The van der Waals surface area contributed by atoms with Crippen LogP contribution >= 0.6 is 0 Å². The van der Waals surface area contributed by atoms with Crippen molar-refractivity contribution < 1.29 is 18.0 Å². The highest BCUT2D eigenvalue weighted by Gasteiger charge is 2.30. The number of hydrogen-bond donors (Lipinski definition) is 0. The zero-order valence-corrected chi connectivity index (χ0v) is 5.85.